The van der Waals surface area contributed by atoms with Crippen LogP contribution in [0.4, 0.5) is 0 Å². The first-order valence-corrected chi connectivity index (χ1v) is 6.53. The average Bonchev–Trinajstić information content (AvgIpc) is 2.28. The van der Waals surface area contributed by atoms with Gasteiger partial charge in [0.1, 0.15) is 5.75 Å². The van der Waals surface area contributed by atoms with E-state index >= 15 is 0 Å². The number of aromatic hydroxyl groups is 1. The summed E-state index contributed by atoms with van der Waals surface area (Å²) < 4.78 is 0. The van der Waals surface area contributed by atoms with Crippen molar-refractivity contribution in [3.63, 3.8) is 0 Å². The normalized spacial score (nSPS) is 27.9. The van der Waals surface area contributed by atoms with Crippen molar-refractivity contribution < 1.29 is 15.0 Å². The highest BCUT2D eigenvalue weighted by atomic mass is 16.4. The second-order valence-corrected chi connectivity index (χ2v) is 5.63. The first-order valence-electron chi connectivity index (χ1n) is 6.53. The molecule has 3 heteroatoms. The molecule has 3 nitrogen and oxygen atoms in total. The fourth-order valence-electron chi connectivity index (χ4n) is 3.15. The molecule has 0 aromatic heterocycles. The highest BCUT2D eigenvalue weighted by Crippen LogP contribution is 2.42. The predicted octanol–water partition coefficient (Wildman–Crippen LogP) is 3.22. The number of hydrogen-bond donors (Lipinski definition) is 2. The van der Waals surface area contributed by atoms with Gasteiger partial charge < -0.3 is 10.2 Å². The third-order valence-corrected chi connectivity index (χ3v) is 4.00. The Morgan fingerprint density at radius 3 is 2.89 bits per heavy atom. The molecule has 1 aliphatic rings. The summed E-state index contributed by atoms with van der Waals surface area (Å²) in [6.45, 7) is 2.12. The maximum absolute atomic E-state index is 11.6. The Balaban J connectivity index is 2.23. The Morgan fingerprint density at radius 1 is 1.50 bits per heavy atom. The van der Waals surface area contributed by atoms with Crippen LogP contribution in [0.3, 0.4) is 0 Å². The van der Waals surface area contributed by atoms with Gasteiger partial charge in [-0.15, -0.1) is 0 Å². The van der Waals surface area contributed by atoms with Crippen LogP contribution in [0.2, 0.25) is 0 Å². The third-order valence-electron chi connectivity index (χ3n) is 4.00. The summed E-state index contributed by atoms with van der Waals surface area (Å²) in [7, 11) is 0. The van der Waals surface area contributed by atoms with E-state index in [9.17, 15) is 15.0 Å². The van der Waals surface area contributed by atoms with Crippen molar-refractivity contribution in [3.8, 4) is 5.75 Å². The number of benzene rings is 1. The Kier molecular flexibility index (Phi) is 3.60. The average molecular weight is 248 g/mol. The van der Waals surface area contributed by atoms with Gasteiger partial charge in [-0.05, 0) is 42.9 Å². The monoisotopic (exact) mass is 248 g/mol. The number of hydrogen-bond acceptors (Lipinski definition) is 2. The highest BCUT2D eigenvalue weighted by Gasteiger charge is 2.41. The Hall–Kier alpha value is -1.51. The Morgan fingerprint density at radius 2 is 2.28 bits per heavy atom. The van der Waals surface area contributed by atoms with E-state index in [1.54, 1.807) is 18.2 Å². The van der Waals surface area contributed by atoms with E-state index in [1.807, 2.05) is 6.07 Å². The van der Waals surface area contributed by atoms with Crippen LogP contribution in [-0.4, -0.2) is 16.2 Å². The van der Waals surface area contributed by atoms with Gasteiger partial charge in [-0.2, -0.15) is 0 Å². The van der Waals surface area contributed by atoms with Crippen LogP contribution in [0.1, 0.15) is 38.2 Å². The van der Waals surface area contributed by atoms with Gasteiger partial charge in [-0.25, -0.2) is 0 Å². The Labute approximate surface area is 107 Å². The molecule has 2 rings (SSSR count). The van der Waals surface area contributed by atoms with Crippen LogP contribution < -0.4 is 0 Å². The fourth-order valence-corrected chi connectivity index (χ4v) is 3.15. The van der Waals surface area contributed by atoms with Gasteiger partial charge in [0.25, 0.3) is 0 Å². The van der Waals surface area contributed by atoms with Crippen LogP contribution in [-0.2, 0) is 11.2 Å². The number of phenols is 1. The van der Waals surface area contributed by atoms with E-state index in [4.69, 9.17) is 0 Å². The molecule has 1 aliphatic carbocycles. The van der Waals surface area contributed by atoms with Gasteiger partial charge in [0.15, 0.2) is 0 Å². The smallest absolute Gasteiger partial charge is 0.309 e. The van der Waals surface area contributed by atoms with Crippen molar-refractivity contribution in [1.29, 1.82) is 0 Å². The molecule has 2 N–H and O–H groups in total. The molecule has 2 atom stereocenters. The molecule has 0 heterocycles. The van der Waals surface area contributed by atoms with E-state index in [1.165, 1.54) is 0 Å². The van der Waals surface area contributed by atoms with Crippen molar-refractivity contribution in [2.75, 3.05) is 0 Å². The molecule has 18 heavy (non-hydrogen) atoms. The van der Waals surface area contributed by atoms with E-state index in [0.717, 1.165) is 31.2 Å². The van der Waals surface area contributed by atoms with Crippen molar-refractivity contribution in [1.82, 2.24) is 0 Å². The number of carboxylic acids is 1. The second kappa shape index (κ2) is 5.01. The lowest BCUT2D eigenvalue weighted by molar-refractivity contribution is -0.152. The lowest BCUT2D eigenvalue weighted by atomic mass is 9.67. The SMILES string of the molecule is CC1CCCC(Cc2cccc(O)c2)(C(=O)O)C1. The minimum Gasteiger partial charge on any atom is -0.508 e. The maximum Gasteiger partial charge on any atom is 0.309 e. The molecule has 2 unspecified atom stereocenters. The van der Waals surface area contributed by atoms with Gasteiger partial charge in [0.2, 0.25) is 0 Å². The topological polar surface area (TPSA) is 57.5 Å². The highest BCUT2D eigenvalue weighted by molar-refractivity contribution is 5.75. The van der Waals surface area contributed by atoms with Gasteiger partial charge in [-0.3, -0.25) is 4.79 Å². The van der Waals surface area contributed by atoms with E-state index in [-0.39, 0.29) is 5.75 Å². The lowest BCUT2D eigenvalue weighted by Gasteiger charge is -2.36. The third kappa shape index (κ3) is 2.66. The van der Waals surface area contributed by atoms with Crippen molar-refractivity contribution >= 4 is 5.97 Å². The summed E-state index contributed by atoms with van der Waals surface area (Å²) in [5.74, 6) is -0.0264. The fraction of sp³-hybridized carbons (Fsp3) is 0.533. The minimum absolute atomic E-state index is 0.205. The first-order chi connectivity index (χ1) is 8.52. The van der Waals surface area contributed by atoms with Gasteiger partial charge >= 0.3 is 5.97 Å². The Bertz CT molecular complexity index is 441. The molecular weight excluding hydrogens is 228 g/mol. The quantitative estimate of drug-likeness (QED) is 0.863. The molecule has 0 aliphatic heterocycles. The molecule has 1 fully saturated rings. The van der Waals surface area contributed by atoms with Gasteiger partial charge in [0.05, 0.1) is 5.41 Å². The zero-order chi connectivity index (χ0) is 13.2. The molecule has 0 saturated heterocycles. The van der Waals surface area contributed by atoms with Crippen molar-refractivity contribution in [2.24, 2.45) is 11.3 Å². The molecule has 0 amide bonds. The zero-order valence-corrected chi connectivity index (χ0v) is 10.7. The molecule has 0 bridgehead atoms. The van der Waals surface area contributed by atoms with E-state index in [2.05, 4.69) is 6.92 Å². The number of phenolic OH excluding ortho intramolecular Hbond substituents is 1. The summed E-state index contributed by atoms with van der Waals surface area (Å²) in [5.41, 5.74) is 0.261. The lowest BCUT2D eigenvalue weighted by Crippen LogP contribution is -2.37. The summed E-state index contributed by atoms with van der Waals surface area (Å²) in [6.07, 6.45) is 4.09. The molecule has 0 radical (unpaired) electrons. The minimum atomic E-state index is -0.697. The molecule has 1 saturated carbocycles. The maximum atomic E-state index is 11.6. The number of carboxylic acid groups (broad SMARTS) is 1. The van der Waals surface area contributed by atoms with Crippen molar-refractivity contribution in [3.05, 3.63) is 29.8 Å². The summed E-state index contributed by atoms with van der Waals surface area (Å²) in [5, 5.41) is 19.0. The second-order valence-electron chi connectivity index (χ2n) is 5.63. The van der Waals surface area contributed by atoms with Crippen molar-refractivity contribution in [2.45, 2.75) is 39.0 Å². The van der Waals surface area contributed by atoms with Crippen LogP contribution in [0, 0.1) is 11.3 Å². The molecule has 1 aromatic carbocycles. The van der Waals surface area contributed by atoms with Crippen LogP contribution >= 0.6 is 0 Å². The van der Waals surface area contributed by atoms with Crippen LogP contribution in [0.5, 0.6) is 5.75 Å². The largest absolute Gasteiger partial charge is 0.508 e. The van der Waals surface area contributed by atoms with Crippen LogP contribution in [0.25, 0.3) is 0 Å². The molecule has 0 spiro atoms. The first kappa shape index (κ1) is 12.9. The molecule has 98 valence electrons. The predicted molar refractivity (Wildman–Crippen MR) is 69.5 cm³/mol. The van der Waals surface area contributed by atoms with E-state index in [0.29, 0.717) is 12.3 Å². The van der Waals surface area contributed by atoms with Crippen LogP contribution in [0.15, 0.2) is 24.3 Å². The number of aliphatic carboxylic acids is 1. The summed E-state index contributed by atoms with van der Waals surface area (Å²) >= 11 is 0. The number of carbonyl (C=O) groups is 1. The van der Waals surface area contributed by atoms with E-state index < -0.39 is 11.4 Å². The summed E-state index contributed by atoms with van der Waals surface area (Å²) in [6, 6.07) is 6.94. The standard InChI is InChI=1S/C15H20O3/c1-11-4-3-7-15(9-11,14(17)18)10-12-5-2-6-13(16)8-12/h2,5-6,8,11,16H,3-4,7,9-10H2,1H3,(H,17,18). The molecular formula is C15H20O3. The summed E-state index contributed by atoms with van der Waals surface area (Å²) in [4.78, 5) is 11.6. The zero-order valence-electron chi connectivity index (χ0n) is 10.7. The number of rotatable bonds is 3. The van der Waals surface area contributed by atoms with Gasteiger partial charge in [0, 0.05) is 0 Å². The molecule has 1 aromatic rings. The van der Waals surface area contributed by atoms with Gasteiger partial charge in [-0.1, -0.05) is 31.9 Å².